The Morgan fingerprint density at radius 2 is 1.81 bits per heavy atom. The molecule has 1 unspecified atom stereocenters. The molecule has 0 saturated heterocycles. The molecule has 9 nitrogen and oxygen atoms in total. The molecule has 138 valence electrons. The molecule has 1 atom stereocenters. The van der Waals surface area contributed by atoms with Gasteiger partial charge in [0.15, 0.2) is 22.7 Å². The minimum atomic E-state index is -2.15. The third-order valence-electron chi connectivity index (χ3n) is 3.36. The number of halogens is 1. The molecule has 0 amide bonds. The maximum Gasteiger partial charge on any atom is 0.271 e. The zero-order valence-corrected chi connectivity index (χ0v) is 14.3. The molecule has 2 aromatic carbocycles. The third kappa shape index (κ3) is 4.59. The number of nitrogens with one attached hydrogen (secondary N) is 2. The first-order valence-corrected chi connectivity index (χ1v) is 8.55. The van der Waals surface area contributed by atoms with Gasteiger partial charge in [-0.1, -0.05) is 12.1 Å². The van der Waals surface area contributed by atoms with Gasteiger partial charge in [-0.05, 0) is 24.3 Å². The van der Waals surface area contributed by atoms with E-state index in [-0.39, 0.29) is 28.0 Å². The van der Waals surface area contributed by atoms with E-state index in [9.17, 15) is 18.7 Å². The molecule has 1 aromatic heterocycles. The van der Waals surface area contributed by atoms with Crippen molar-refractivity contribution in [3.05, 3.63) is 70.7 Å². The van der Waals surface area contributed by atoms with Gasteiger partial charge in [0.1, 0.15) is 0 Å². The molecule has 0 aliphatic rings. The van der Waals surface area contributed by atoms with Crippen LogP contribution in [0.1, 0.15) is 0 Å². The number of nitro benzene ring substituents is 1. The number of rotatable bonds is 6. The summed E-state index contributed by atoms with van der Waals surface area (Å²) in [5.74, 6) is -0.905. The summed E-state index contributed by atoms with van der Waals surface area (Å²) in [6.45, 7) is 0. The Labute approximate surface area is 154 Å². The second kappa shape index (κ2) is 7.85. The lowest BCUT2D eigenvalue weighted by atomic mass is 10.3. The number of hydrogen-bond donors (Lipinski definition) is 3. The van der Waals surface area contributed by atoms with Gasteiger partial charge in [-0.25, -0.2) is 13.6 Å². The summed E-state index contributed by atoms with van der Waals surface area (Å²) in [7, 11) is 0. The lowest BCUT2D eigenvalue weighted by Crippen LogP contribution is -2.04. The summed E-state index contributed by atoms with van der Waals surface area (Å²) in [6, 6.07) is 11.6. The fourth-order valence-corrected chi connectivity index (χ4v) is 2.58. The second-order valence-electron chi connectivity index (χ2n) is 5.22. The summed E-state index contributed by atoms with van der Waals surface area (Å²) >= 11 is -2.15. The molecular formula is C16H12FN5O4S. The van der Waals surface area contributed by atoms with Crippen LogP contribution in [-0.4, -0.2) is 23.7 Å². The zero-order chi connectivity index (χ0) is 19.4. The SMILES string of the molecule is O=[N+]([O-])c1cccc(Nc2nc(Nc3cccc(S(=O)O)c3)ncc2F)c1. The van der Waals surface area contributed by atoms with Crippen molar-refractivity contribution in [2.75, 3.05) is 10.6 Å². The molecule has 0 saturated carbocycles. The molecule has 27 heavy (non-hydrogen) atoms. The van der Waals surface area contributed by atoms with E-state index in [2.05, 4.69) is 20.6 Å². The quantitative estimate of drug-likeness (QED) is 0.331. The van der Waals surface area contributed by atoms with Crippen LogP contribution in [-0.2, 0) is 11.1 Å². The molecule has 3 rings (SSSR count). The molecule has 11 heteroatoms. The minimum Gasteiger partial charge on any atom is -0.337 e. The fourth-order valence-electron chi connectivity index (χ4n) is 2.16. The van der Waals surface area contributed by atoms with E-state index in [0.29, 0.717) is 5.69 Å². The highest BCUT2D eigenvalue weighted by Gasteiger charge is 2.11. The highest BCUT2D eigenvalue weighted by Crippen LogP contribution is 2.23. The number of benzene rings is 2. The van der Waals surface area contributed by atoms with Crippen LogP contribution in [0, 0.1) is 15.9 Å². The van der Waals surface area contributed by atoms with Crippen molar-refractivity contribution >= 4 is 39.9 Å². The van der Waals surface area contributed by atoms with Gasteiger partial charge < -0.3 is 15.2 Å². The molecule has 0 spiro atoms. The van der Waals surface area contributed by atoms with E-state index in [4.69, 9.17) is 4.55 Å². The van der Waals surface area contributed by atoms with Gasteiger partial charge >= 0.3 is 0 Å². The molecular weight excluding hydrogens is 377 g/mol. The van der Waals surface area contributed by atoms with Gasteiger partial charge in [0.05, 0.1) is 16.0 Å². The van der Waals surface area contributed by atoms with E-state index in [1.54, 1.807) is 12.1 Å². The molecule has 0 fully saturated rings. The summed E-state index contributed by atoms with van der Waals surface area (Å²) in [4.78, 5) is 18.3. The zero-order valence-electron chi connectivity index (χ0n) is 13.5. The van der Waals surface area contributed by atoms with Crippen molar-refractivity contribution < 1.29 is 18.1 Å². The van der Waals surface area contributed by atoms with Gasteiger partial charge in [0.25, 0.3) is 5.69 Å². The van der Waals surface area contributed by atoms with Crippen molar-refractivity contribution in [2.24, 2.45) is 0 Å². The summed E-state index contributed by atoms with van der Waals surface area (Å²) < 4.78 is 34.3. The first-order chi connectivity index (χ1) is 12.9. The van der Waals surface area contributed by atoms with Crippen molar-refractivity contribution in [3.63, 3.8) is 0 Å². The van der Waals surface area contributed by atoms with Gasteiger partial charge in [-0.15, -0.1) is 0 Å². The van der Waals surface area contributed by atoms with E-state index in [0.717, 1.165) is 6.20 Å². The Morgan fingerprint density at radius 1 is 1.11 bits per heavy atom. The highest BCUT2D eigenvalue weighted by molar-refractivity contribution is 7.79. The van der Waals surface area contributed by atoms with Crippen LogP contribution in [0.4, 0.5) is 33.2 Å². The largest absolute Gasteiger partial charge is 0.337 e. The Balaban J connectivity index is 1.84. The predicted octanol–water partition coefficient (Wildman–Crippen LogP) is 3.59. The van der Waals surface area contributed by atoms with E-state index >= 15 is 0 Å². The second-order valence-corrected chi connectivity index (χ2v) is 6.19. The molecule has 0 aliphatic carbocycles. The maximum atomic E-state index is 14.0. The summed E-state index contributed by atoms with van der Waals surface area (Å²) in [5.41, 5.74) is 0.565. The Kier molecular flexibility index (Phi) is 5.33. The normalized spacial score (nSPS) is 11.6. The van der Waals surface area contributed by atoms with E-state index in [1.165, 1.54) is 36.4 Å². The standard InChI is InChI=1S/C16H12FN5O4S/c17-14-9-18-16(20-11-4-2-6-13(8-11)27(25)26)21-15(14)19-10-3-1-5-12(7-10)22(23)24/h1-9H,(H,25,26)(H2,18,19,20,21). The Hall–Kier alpha value is -3.44. The van der Waals surface area contributed by atoms with Gasteiger partial charge in [-0.2, -0.15) is 4.98 Å². The topological polar surface area (TPSA) is 130 Å². The number of non-ortho nitro benzene ring substituents is 1. The monoisotopic (exact) mass is 389 g/mol. The highest BCUT2D eigenvalue weighted by atomic mass is 32.2. The summed E-state index contributed by atoms with van der Waals surface area (Å²) in [5, 5.41) is 16.3. The van der Waals surface area contributed by atoms with Gasteiger partial charge in [-0.3, -0.25) is 10.1 Å². The summed E-state index contributed by atoms with van der Waals surface area (Å²) in [6.07, 6.45) is 0.934. The first kappa shape index (κ1) is 18.4. The lowest BCUT2D eigenvalue weighted by molar-refractivity contribution is -0.384. The van der Waals surface area contributed by atoms with Crippen LogP contribution in [0.3, 0.4) is 0 Å². The van der Waals surface area contributed by atoms with Gasteiger partial charge in [0, 0.05) is 23.5 Å². The molecule has 1 heterocycles. The van der Waals surface area contributed by atoms with Crippen LogP contribution in [0.15, 0.2) is 59.6 Å². The van der Waals surface area contributed by atoms with Crippen molar-refractivity contribution in [3.8, 4) is 0 Å². The molecule has 0 radical (unpaired) electrons. The van der Waals surface area contributed by atoms with Gasteiger partial charge in [0.2, 0.25) is 5.95 Å². The smallest absolute Gasteiger partial charge is 0.271 e. The van der Waals surface area contributed by atoms with Crippen LogP contribution in [0.2, 0.25) is 0 Å². The average molecular weight is 389 g/mol. The van der Waals surface area contributed by atoms with Crippen LogP contribution in [0.5, 0.6) is 0 Å². The lowest BCUT2D eigenvalue weighted by Gasteiger charge is -2.10. The molecule has 3 N–H and O–H groups in total. The molecule has 0 bridgehead atoms. The number of anilines is 4. The number of nitrogens with zero attached hydrogens (tertiary/aromatic N) is 3. The third-order valence-corrected chi connectivity index (χ3v) is 4.01. The fraction of sp³-hybridized carbons (Fsp3) is 0. The number of nitro groups is 1. The van der Waals surface area contributed by atoms with Crippen LogP contribution >= 0.6 is 0 Å². The first-order valence-electron chi connectivity index (χ1n) is 7.44. The molecule has 0 aliphatic heterocycles. The van der Waals surface area contributed by atoms with Crippen molar-refractivity contribution in [1.82, 2.24) is 9.97 Å². The average Bonchev–Trinajstić information content (AvgIpc) is 2.65. The number of hydrogen-bond acceptors (Lipinski definition) is 7. The van der Waals surface area contributed by atoms with E-state index < -0.39 is 21.8 Å². The Bertz CT molecular complexity index is 1030. The maximum absolute atomic E-state index is 14.0. The van der Waals surface area contributed by atoms with Crippen molar-refractivity contribution in [2.45, 2.75) is 4.90 Å². The van der Waals surface area contributed by atoms with Crippen LogP contribution < -0.4 is 10.6 Å². The minimum absolute atomic E-state index is 0.0326. The number of aromatic nitrogens is 2. The van der Waals surface area contributed by atoms with E-state index in [1.807, 2.05) is 0 Å². The van der Waals surface area contributed by atoms with Crippen LogP contribution in [0.25, 0.3) is 0 Å². The Morgan fingerprint density at radius 3 is 2.52 bits per heavy atom. The predicted molar refractivity (Wildman–Crippen MR) is 97.1 cm³/mol. The van der Waals surface area contributed by atoms with Crippen molar-refractivity contribution in [1.29, 1.82) is 0 Å². The molecule has 3 aromatic rings.